The second-order valence-corrected chi connectivity index (χ2v) is 9.09. The molecule has 6 heteroatoms. The standard InChI is InChI=1S/C24H19BrN2O2S/c1-3-27(4-2)24-26-19-8-6-15(12-23(19)30-24)21-13-20(28)18-10-14-5-7-17(25)9-16(14)11-22(18)29-21/h5-13H,3-4H2,1-2H3. The van der Waals surface area contributed by atoms with Crippen LogP contribution in [0.2, 0.25) is 0 Å². The van der Waals surface area contributed by atoms with E-state index >= 15 is 0 Å². The Hall–Kier alpha value is -2.70. The predicted octanol–water partition coefficient (Wildman–Crippen LogP) is 6.83. The van der Waals surface area contributed by atoms with Gasteiger partial charge >= 0.3 is 0 Å². The largest absolute Gasteiger partial charge is 0.456 e. The van der Waals surface area contributed by atoms with Crippen molar-refractivity contribution in [2.24, 2.45) is 0 Å². The normalized spacial score (nSPS) is 11.6. The van der Waals surface area contributed by atoms with Crippen molar-refractivity contribution in [1.29, 1.82) is 0 Å². The summed E-state index contributed by atoms with van der Waals surface area (Å²) in [5.41, 5.74) is 2.40. The fraction of sp³-hybridized carbons (Fsp3) is 0.167. The first-order valence-electron chi connectivity index (χ1n) is 9.89. The number of aromatic nitrogens is 1. The lowest BCUT2D eigenvalue weighted by Crippen LogP contribution is -2.21. The number of nitrogens with zero attached hydrogens (tertiary/aromatic N) is 2. The smallest absolute Gasteiger partial charge is 0.193 e. The number of rotatable bonds is 4. The molecule has 5 rings (SSSR count). The Bertz CT molecular complexity index is 1470. The number of anilines is 1. The topological polar surface area (TPSA) is 46.3 Å². The van der Waals surface area contributed by atoms with Crippen molar-refractivity contribution < 1.29 is 4.42 Å². The molecular formula is C24H19BrN2O2S. The number of thiazole rings is 1. The first-order chi connectivity index (χ1) is 14.6. The fourth-order valence-corrected chi connectivity index (χ4v) is 5.22. The second-order valence-electron chi connectivity index (χ2n) is 7.17. The SMILES string of the molecule is CCN(CC)c1nc2ccc(-c3cc(=O)c4cc5ccc(Br)cc5cc4o3)cc2s1. The molecule has 0 aliphatic rings. The van der Waals surface area contributed by atoms with Gasteiger partial charge in [-0.15, -0.1) is 0 Å². The fourth-order valence-electron chi connectivity index (χ4n) is 3.71. The van der Waals surface area contributed by atoms with Gasteiger partial charge in [0.25, 0.3) is 0 Å². The summed E-state index contributed by atoms with van der Waals surface area (Å²) in [7, 11) is 0. The zero-order chi connectivity index (χ0) is 20.8. The third-order valence-electron chi connectivity index (χ3n) is 5.34. The van der Waals surface area contributed by atoms with Crippen molar-refractivity contribution in [1.82, 2.24) is 4.98 Å². The van der Waals surface area contributed by atoms with E-state index < -0.39 is 0 Å². The maximum Gasteiger partial charge on any atom is 0.193 e. The second kappa shape index (κ2) is 7.52. The highest BCUT2D eigenvalue weighted by Crippen LogP contribution is 2.33. The highest BCUT2D eigenvalue weighted by molar-refractivity contribution is 9.10. The van der Waals surface area contributed by atoms with E-state index in [4.69, 9.17) is 9.40 Å². The van der Waals surface area contributed by atoms with Crippen molar-refractivity contribution in [3.05, 3.63) is 69.3 Å². The van der Waals surface area contributed by atoms with Crippen LogP contribution in [0.5, 0.6) is 0 Å². The number of hydrogen-bond acceptors (Lipinski definition) is 5. The van der Waals surface area contributed by atoms with Crippen LogP contribution in [0.4, 0.5) is 5.13 Å². The van der Waals surface area contributed by atoms with Gasteiger partial charge in [-0.3, -0.25) is 4.79 Å². The van der Waals surface area contributed by atoms with E-state index in [9.17, 15) is 4.79 Å². The molecule has 0 bridgehead atoms. The Morgan fingerprint density at radius 3 is 2.63 bits per heavy atom. The summed E-state index contributed by atoms with van der Waals surface area (Å²) < 4.78 is 8.26. The first kappa shape index (κ1) is 19.3. The highest BCUT2D eigenvalue weighted by Gasteiger charge is 2.13. The van der Waals surface area contributed by atoms with Gasteiger partial charge in [0, 0.05) is 29.2 Å². The third-order valence-corrected chi connectivity index (χ3v) is 6.92. The minimum absolute atomic E-state index is 0.0377. The van der Waals surface area contributed by atoms with Crippen LogP contribution in [0.1, 0.15) is 13.8 Å². The summed E-state index contributed by atoms with van der Waals surface area (Å²) in [6.07, 6.45) is 0. The molecule has 0 N–H and O–H groups in total. The van der Waals surface area contributed by atoms with Crippen molar-refractivity contribution in [2.75, 3.05) is 18.0 Å². The molecule has 0 fully saturated rings. The summed E-state index contributed by atoms with van der Waals surface area (Å²) in [5.74, 6) is 0.571. The molecule has 2 heterocycles. The van der Waals surface area contributed by atoms with Crippen LogP contribution >= 0.6 is 27.3 Å². The lowest BCUT2D eigenvalue weighted by molar-refractivity contribution is 0.619. The van der Waals surface area contributed by atoms with E-state index in [1.807, 2.05) is 42.5 Å². The molecule has 5 aromatic rings. The zero-order valence-corrected chi connectivity index (χ0v) is 19.0. The van der Waals surface area contributed by atoms with Crippen LogP contribution in [0, 0.1) is 0 Å². The average molecular weight is 479 g/mol. The molecule has 2 aromatic heterocycles. The van der Waals surface area contributed by atoms with Crippen molar-refractivity contribution >= 4 is 64.4 Å². The summed E-state index contributed by atoms with van der Waals surface area (Å²) in [4.78, 5) is 19.8. The van der Waals surface area contributed by atoms with Gasteiger partial charge in [-0.25, -0.2) is 4.98 Å². The maximum absolute atomic E-state index is 12.8. The molecule has 0 aliphatic carbocycles. The molecule has 0 saturated carbocycles. The van der Waals surface area contributed by atoms with E-state index in [1.165, 1.54) is 0 Å². The quantitative estimate of drug-likeness (QED) is 0.265. The van der Waals surface area contributed by atoms with Crippen LogP contribution in [0.25, 0.3) is 43.3 Å². The molecule has 0 spiro atoms. The monoisotopic (exact) mass is 478 g/mol. The van der Waals surface area contributed by atoms with Crippen molar-refractivity contribution in [3.63, 3.8) is 0 Å². The van der Waals surface area contributed by atoms with E-state index in [0.717, 1.165) is 49.2 Å². The predicted molar refractivity (Wildman–Crippen MR) is 130 cm³/mol. The zero-order valence-electron chi connectivity index (χ0n) is 16.6. The lowest BCUT2D eigenvalue weighted by Gasteiger charge is -2.16. The number of benzene rings is 3. The Balaban J connectivity index is 1.65. The van der Waals surface area contributed by atoms with Gasteiger partial charge in [-0.05, 0) is 67.1 Å². The molecule has 3 aromatic carbocycles. The average Bonchev–Trinajstić information content (AvgIpc) is 3.16. The van der Waals surface area contributed by atoms with Crippen LogP contribution in [-0.4, -0.2) is 18.1 Å². The molecule has 0 aliphatic heterocycles. The van der Waals surface area contributed by atoms with Crippen LogP contribution < -0.4 is 10.3 Å². The molecule has 30 heavy (non-hydrogen) atoms. The van der Waals surface area contributed by atoms with Crippen molar-refractivity contribution in [2.45, 2.75) is 13.8 Å². The number of hydrogen-bond donors (Lipinski definition) is 0. The Morgan fingerprint density at radius 2 is 1.83 bits per heavy atom. The molecular weight excluding hydrogens is 460 g/mol. The van der Waals surface area contributed by atoms with Crippen molar-refractivity contribution in [3.8, 4) is 11.3 Å². The van der Waals surface area contributed by atoms with Gasteiger partial charge in [0.1, 0.15) is 11.3 Å². The molecule has 0 radical (unpaired) electrons. The minimum atomic E-state index is -0.0377. The van der Waals surface area contributed by atoms with E-state index in [0.29, 0.717) is 16.7 Å². The van der Waals surface area contributed by atoms with E-state index in [-0.39, 0.29) is 5.43 Å². The summed E-state index contributed by atoms with van der Waals surface area (Å²) in [6.45, 7) is 6.11. The van der Waals surface area contributed by atoms with Crippen LogP contribution in [-0.2, 0) is 0 Å². The Morgan fingerprint density at radius 1 is 1.00 bits per heavy atom. The Labute approximate surface area is 185 Å². The van der Waals surface area contributed by atoms with Gasteiger partial charge in [-0.2, -0.15) is 0 Å². The van der Waals surface area contributed by atoms with Gasteiger partial charge in [0.15, 0.2) is 10.6 Å². The number of fused-ring (bicyclic) bond motifs is 3. The van der Waals surface area contributed by atoms with Gasteiger partial charge in [0.05, 0.1) is 15.6 Å². The number of halogens is 1. The van der Waals surface area contributed by atoms with E-state index in [1.54, 1.807) is 17.4 Å². The summed E-state index contributed by atoms with van der Waals surface area (Å²) >= 11 is 5.17. The summed E-state index contributed by atoms with van der Waals surface area (Å²) in [5, 5.41) is 3.65. The van der Waals surface area contributed by atoms with E-state index in [2.05, 4.69) is 40.7 Å². The van der Waals surface area contributed by atoms with Gasteiger partial charge in [0.2, 0.25) is 0 Å². The summed E-state index contributed by atoms with van der Waals surface area (Å²) in [6, 6.07) is 17.4. The molecule has 4 nitrogen and oxygen atoms in total. The molecule has 0 saturated heterocycles. The lowest BCUT2D eigenvalue weighted by atomic mass is 10.1. The molecule has 0 amide bonds. The van der Waals surface area contributed by atoms with Gasteiger partial charge in [-0.1, -0.05) is 33.3 Å². The molecule has 0 unspecified atom stereocenters. The van der Waals surface area contributed by atoms with Gasteiger partial charge < -0.3 is 9.32 Å². The minimum Gasteiger partial charge on any atom is -0.456 e. The van der Waals surface area contributed by atoms with Crippen LogP contribution in [0.3, 0.4) is 0 Å². The molecule has 0 atom stereocenters. The third kappa shape index (κ3) is 3.30. The Kier molecular flexibility index (Phi) is 4.83. The van der Waals surface area contributed by atoms with Crippen LogP contribution in [0.15, 0.2) is 68.3 Å². The molecule has 150 valence electrons. The maximum atomic E-state index is 12.8. The first-order valence-corrected chi connectivity index (χ1v) is 11.5. The highest BCUT2D eigenvalue weighted by atomic mass is 79.9.